The molecule has 0 spiro atoms. The second kappa shape index (κ2) is 8.01. The SMILES string of the molecule is COc1cc2nc(N3CCc4nc(NC(=O)N[C@@H]5CCOC5)sc4[C@@H]3C)oc2cc1C. The van der Waals surface area contributed by atoms with Crippen molar-refractivity contribution in [2.45, 2.75) is 38.8 Å². The van der Waals surface area contributed by atoms with Crippen LogP contribution in [-0.4, -0.2) is 48.9 Å². The number of carbonyl (C=O) groups is 1. The van der Waals surface area contributed by atoms with Crippen molar-refractivity contribution in [2.75, 3.05) is 37.1 Å². The zero-order chi connectivity index (χ0) is 21.5. The molecule has 2 amide bonds. The third kappa shape index (κ3) is 3.81. The van der Waals surface area contributed by atoms with E-state index < -0.39 is 0 Å². The van der Waals surface area contributed by atoms with E-state index in [1.165, 1.54) is 11.3 Å². The normalized spacial score (nSPS) is 20.7. The first kappa shape index (κ1) is 20.1. The lowest BCUT2D eigenvalue weighted by Gasteiger charge is -2.31. The number of nitrogens with one attached hydrogen (secondary N) is 2. The van der Waals surface area contributed by atoms with Crippen LogP contribution in [0, 0.1) is 6.92 Å². The summed E-state index contributed by atoms with van der Waals surface area (Å²) < 4.78 is 16.8. The maximum absolute atomic E-state index is 12.3. The number of rotatable bonds is 4. The van der Waals surface area contributed by atoms with Crippen LogP contribution in [0.25, 0.3) is 11.1 Å². The smallest absolute Gasteiger partial charge is 0.321 e. The molecule has 31 heavy (non-hydrogen) atoms. The molecule has 2 aliphatic heterocycles. The number of nitrogens with zero attached hydrogens (tertiary/aromatic N) is 3. The summed E-state index contributed by atoms with van der Waals surface area (Å²) in [4.78, 5) is 24.9. The Labute approximate surface area is 183 Å². The fourth-order valence-electron chi connectivity index (χ4n) is 4.10. The Hall–Kier alpha value is -2.85. The van der Waals surface area contributed by atoms with Crippen LogP contribution in [0.2, 0.25) is 0 Å². The van der Waals surface area contributed by atoms with Crippen LogP contribution < -0.4 is 20.3 Å². The Kier molecular flexibility index (Phi) is 5.19. The number of fused-ring (bicyclic) bond motifs is 2. The van der Waals surface area contributed by atoms with Gasteiger partial charge in [-0.2, -0.15) is 4.98 Å². The first-order chi connectivity index (χ1) is 15.0. The summed E-state index contributed by atoms with van der Waals surface area (Å²) >= 11 is 1.50. The highest BCUT2D eigenvalue weighted by atomic mass is 32.1. The second-order valence-corrected chi connectivity index (χ2v) is 8.92. The van der Waals surface area contributed by atoms with Gasteiger partial charge in [-0.15, -0.1) is 0 Å². The van der Waals surface area contributed by atoms with Crippen molar-refractivity contribution in [3.63, 3.8) is 0 Å². The summed E-state index contributed by atoms with van der Waals surface area (Å²) in [7, 11) is 1.65. The number of amides is 2. The van der Waals surface area contributed by atoms with Gasteiger partial charge < -0.3 is 24.1 Å². The molecule has 5 rings (SSSR count). The van der Waals surface area contributed by atoms with Gasteiger partial charge in [0.15, 0.2) is 10.7 Å². The summed E-state index contributed by atoms with van der Waals surface area (Å²) in [5.41, 5.74) is 3.54. The molecule has 0 bridgehead atoms. The predicted molar refractivity (Wildman–Crippen MR) is 118 cm³/mol. The van der Waals surface area contributed by atoms with Crippen molar-refractivity contribution < 1.29 is 18.7 Å². The molecular weight excluding hydrogens is 418 g/mol. The fourth-order valence-corrected chi connectivity index (χ4v) is 5.17. The summed E-state index contributed by atoms with van der Waals surface area (Å²) in [5.74, 6) is 0.793. The van der Waals surface area contributed by atoms with Crippen LogP contribution in [0.15, 0.2) is 16.5 Å². The zero-order valence-electron chi connectivity index (χ0n) is 17.7. The topological polar surface area (TPSA) is 102 Å². The average Bonchev–Trinajstić information content (AvgIpc) is 3.47. The summed E-state index contributed by atoms with van der Waals surface area (Å²) in [6, 6.07) is 4.30. The van der Waals surface area contributed by atoms with Crippen molar-refractivity contribution in [3.05, 3.63) is 28.3 Å². The van der Waals surface area contributed by atoms with Crippen molar-refractivity contribution in [3.8, 4) is 5.75 Å². The quantitative estimate of drug-likeness (QED) is 0.635. The predicted octanol–water partition coefficient (Wildman–Crippen LogP) is 3.64. The molecule has 0 saturated carbocycles. The van der Waals surface area contributed by atoms with E-state index in [9.17, 15) is 4.79 Å². The number of ether oxygens (including phenoxy) is 2. The number of oxazole rings is 1. The number of urea groups is 1. The van der Waals surface area contributed by atoms with Gasteiger partial charge >= 0.3 is 6.03 Å². The summed E-state index contributed by atoms with van der Waals surface area (Å²) in [6.07, 6.45) is 1.60. The van der Waals surface area contributed by atoms with E-state index in [0.717, 1.165) is 52.4 Å². The van der Waals surface area contributed by atoms with E-state index in [-0.39, 0.29) is 18.1 Å². The molecule has 1 fully saturated rings. The molecule has 1 aromatic carbocycles. The van der Waals surface area contributed by atoms with Gasteiger partial charge in [0, 0.05) is 25.6 Å². The fraction of sp³-hybridized carbons (Fsp3) is 0.476. The number of hydrogen-bond donors (Lipinski definition) is 2. The van der Waals surface area contributed by atoms with Crippen LogP contribution in [0.3, 0.4) is 0 Å². The first-order valence-corrected chi connectivity index (χ1v) is 11.2. The minimum atomic E-state index is -0.241. The highest BCUT2D eigenvalue weighted by molar-refractivity contribution is 7.16. The van der Waals surface area contributed by atoms with Crippen molar-refractivity contribution in [1.29, 1.82) is 0 Å². The van der Waals surface area contributed by atoms with Gasteiger partial charge in [0.1, 0.15) is 11.3 Å². The second-order valence-electron chi connectivity index (χ2n) is 7.89. The molecule has 0 unspecified atom stereocenters. The summed E-state index contributed by atoms with van der Waals surface area (Å²) in [6.45, 7) is 6.08. The third-order valence-electron chi connectivity index (χ3n) is 5.79. The van der Waals surface area contributed by atoms with Gasteiger partial charge in [0.2, 0.25) is 0 Å². The Morgan fingerprint density at radius 1 is 1.35 bits per heavy atom. The number of anilines is 2. The van der Waals surface area contributed by atoms with Crippen LogP contribution in [-0.2, 0) is 11.2 Å². The van der Waals surface area contributed by atoms with Crippen LogP contribution in [0.4, 0.5) is 15.9 Å². The van der Waals surface area contributed by atoms with Gasteiger partial charge in [-0.1, -0.05) is 11.3 Å². The average molecular weight is 444 g/mol. The molecule has 1 saturated heterocycles. The van der Waals surface area contributed by atoms with Crippen LogP contribution >= 0.6 is 11.3 Å². The molecule has 2 N–H and O–H groups in total. The number of methoxy groups -OCH3 is 1. The van der Waals surface area contributed by atoms with Crippen molar-refractivity contribution >= 4 is 39.6 Å². The molecule has 10 heteroatoms. The molecule has 0 radical (unpaired) electrons. The Morgan fingerprint density at radius 3 is 3.00 bits per heavy atom. The van der Waals surface area contributed by atoms with Crippen LogP contribution in [0.1, 0.15) is 35.5 Å². The standard InChI is InChI=1S/C21H25N5O4S/c1-11-8-17-15(9-16(11)28-3)24-21(30-17)26-6-4-14-18(12(26)2)31-20(23-14)25-19(27)22-13-5-7-29-10-13/h8-9,12-13H,4-7,10H2,1-3H3,(H2,22,23,25,27)/t12-,13+/m0/s1. The third-order valence-corrected chi connectivity index (χ3v) is 6.97. The van der Waals surface area contributed by atoms with E-state index in [4.69, 9.17) is 18.9 Å². The molecule has 4 heterocycles. The molecule has 9 nitrogen and oxygen atoms in total. The Morgan fingerprint density at radius 2 is 2.23 bits per heavy atom. The lowest BCUT2D eigenvalue weighted by molar-refractivity contribution is 0.189. The Bertz CT molecular complexity index is 1120. The highest BCUT2D eigenvalue weighted by Gasteiger charge is 2.31. The molecule has 2 aliphatic rings. The molecule has 2 atom stereocenters. The van der Waals surface area contributed by atoms with E-state index in [1.807, 2.05) is 19.1 Å². The number of aromatic nitrogens is 2. The number of thiazole rings is 1. The lowest BCUT2D eigenvalue weighted by atomic mass is 10.1. The highest BCUT2D eigenvalue weighted by Crippen LogP contribution is 2.39. The zero-order valence-corrected chi connectivity index (χ0v) is 18.5. The number of carbonyl (C=O) groups excluding carboxylic acids is 1. The molecule has 2 aromatic heterocycles. The minimum Gasteiger partial charge on any atom is -0.496 e. The van der Waals surface area contributed by atoms with E-state index in [2.05, 4.69) is 27.4 Å². The largest absolute Gasteiger partial charge is 0.496 e. The van der Waals surface area contributed by atoms with E-state index >= 15 is 0 Å². The number of benzene rings is 1. The van der Waals surface area contributed by atoms with Gasteiger partial charge in [0.25, 0.3) is 6.01 Å². The minimum absolute atomic E-state index is 0.0409. The Balaban J connectivity index is 1.33. The van der Waals surface area contributed by atoms with Crippen LogP contribution in [0.5, 0.6) is 5.75 Å². The van der Waals surface area contributed by atoms with E-state index in [1.54, 1.807) is 7.11 Å². The van der Waals surface area contributed by atoms with Crippen molar-refractivity contribution in [1.82, 2.24) is 15.3 Å². The molecule has 0 aliphatic carbocycles. The van der Waals surface area contributed by atoms with Crippen molar-refractivity contribution in [2.24, 2.45) is 0 Å². The molecule has 164 valence electrons. The van der Waals surface area contributed by atoms with Gasteiger partial charge in [-0.25, -0.2) is 9.78 Å². The first-order valence-electron chi connectivity index (χ1n) is 10.4. The van der Waals surface area contributed by atoms with Gasteiger partial charge in [-0.05, 0) is 31.9 Å². The lowest BCUT2D eigenvalue weighted by Crippen LogP contribution is -2.38. The maximum Gasteiger partial charge on any atom is 0.321 e. The molecule has 3 aromatic rings. The number of hydrogen-bond acceptors (Lipinski definition) is 8. The number of aryl methyl sites for hydroxylation is 1. The van der Waals surface area contributed by atoms with E-state index in [0.29, 0.717) is 24.4 Å². The monoisotopic (exact) mass is 443 g/mol. The van der Waals surface area contributed by atoms with Gasteiger partial charge in [0.05, 0.1) is 36.4 Å². The molecular formula is C21H25N5O4S. The maximum atomic E-state index is 12.3. The van der Waals surface area contributed by atoms with Gasteiger partial charge in [-0.3, -0.25) is 5.32 Å². The summed E-state index contributed by atoms with van der Waals surface area (Å²) in [5, 5.41) is 6.40.